The Morgan fingerprint density at radius 1 is 1.21 bits per heavy atom. The lowest BCUT2D eigenvalue weighted by Gasteiger charge is -2.47. The lowest BCUT2D eigenvalue weighted by Crippen LogP contribution is -2.54. The van der Waals surface area contributed by atoms with E-state index in [1.54, 1.807) is 0 Å². The van der Waals surface area contributed by atoms with Gasteiger partial charge in [0.2, 0.25) is 0 Å². The van der Waals surface area contributed by atoms with Crippen molar-refractivity contribution < 1.29 is 0 Å². The summed E-state index contributed by atoms with van der Waals surface area (Å²) in [7, 11) is 0. The van der Waals surface area contributed by atoms with Gasteiger partial charge in [-0.3, -0.25) is 4.90 Å². The molecule has 0 aromatic heterocycles. The van der Waals surface area contributed by atoms with Gasteiger partial charge in [-0.05, 0) is 49.4 Å². The third kappa shape index (κ3) is 4.19. The first-order valence-electron chi connectivity index (χ1n) is 8.38. The maximum atomic E-state index is 6.34. The molecule has 2 heteroatoms. The van der Waals surface area contributed by atoms with Gasteiger partial charge in [0.25, 0.3) is 0 Å². The van der Waals surface area contributed by atoms with Gasteiger partial charge < -0.3 is 5.73 Å². The summed E-state index contributed by atoms with van der Waals surface area (Å²) >= 11 is 0. The summed E-state index contributed by atoms with van der Waals surface area (Å²) in [6.07, 6.45) is 8.21. The summed E-state index contributed by atoms with van der Waals surface area (Å²) < 4.78 is 0. The molecule has 0 aromatic rings. The fourth-order valence-electron chi connectivity index (χ4n) is 4.28. The van der Waals surface area contributed by atoms with E-state index in [4.69, 9.17) is 5.73 Å². The van der Waals surface area contributed by atoms with Crippen LogP contribution in [-0.2, 0) is 0 Å². The van der Waals surface area contributed by atoms with Crippen molar-refractivity contribution in [2.45, 2.75) is 78.3 Å². The third-order valence-corrected chi connectivity index (χ3v) is 5.08. The van der Waals surface area contributed by atoms with E-state index in [0.29, 0.717) is 11.5 Å². The highest BCUT2D eigenvalue weighted by molar-refractivity contribution is 4.91. The molecular formula is C17H34N2. The third-order valence-electron chi connectivity index (χ3n) is 5.08. The topological polar surface area (TPSA) is 29.3 Å². The van der Waals surface area contributed by atoms with Gasteiger partial charge in [-0.25, -0.2) is 0 Å². The SMILES string of the molecule is CCC(C1CCC1)N1CC(N)CC(CC(C)(C)C)C1. The molecule has 0 spiro atoms. The molecule has 3 atom stereocenters. The first kappa shape index (κ1) is 15.3. The molecule has 2 rings (SSSR count). The van der Waals surface area contributed by atoms with Crippen LogP contribution in [0.4, 0.5) is 0 Å². The van der Waals surface area contributed by atoms with E-state index in [1.807, 2.05) is 0 Å². The lowest BCUT2D eigenvalue weighted by atomic mass is 9.75. The highest BCUT2D eigenvalue weighted by Gasteiger charge is 2.35. The van der Waals surface area contributed by atoms with Gasteiger partial charge in [0, 0.05) is 25.2 Å². The molecule has 2 fully saturated rings. The molecule has 2 nitrogen and oxygen atoms in total. The van der Waals surface area contributed by atoms with E-state index < -0.39 is 0 Å². The quantitative estimate of drug-likeness (QED) is 0.841. The molecule has 0 bridgehead atoms. The summed E-state index contributed by atoms with van der Waals surface area (Å²) in [5, 5.41) is 0. The van der Waals surface area contributed by atoms with E-state index in [-0.39, 0.29) is 0 Å². The number of rotatable bonds is 4. The number of nitrogens with zero attached hydrogens (tertiary/aromatic N) is 1. The second-order valence-corrected chi connectivity index (χ2v) is 8.25. The second-order valence-electron chi connectivity index (χ2n) is 8.25. The molecule has 112 valence electrons. The van der Waals surface area contributed by atoms with Gasteiger partial charge in [0.1, 0.15) is 0 Å². The van der Waals surface area contributed by atoms with Gasteiger partial charge >= 0.3 is 0 Å². The molecule has 1 saturated carbocycles. The predicted octanol–water partition coefficient (Wildman–Crippen LogP) is 3.65. The molecule has 1 aliphatic heterocycles. The highest BCUT2D eigenvalue weighted by atomic mass is 15.2. The van der Waals surface area contributed by atoms with Crippen molar-refractivity contribution >= 4 is 0 Å². The Morgan fingerprint density at radius 3 is 2.37 bits per heavy atom. The molecule has 1 aliphatic carbocycles. The van der Waals surface area contributed by atoms with Gasteiger partial charge in [-0.1, -0.05) is 34.1 Å². The summed E-state index contributed by atoms with van der Waals surface area (Å²) in [4.78, 5) is 2.74. The van der Waals surface area contributed by atoms with E-state index in [9.17, 15) is 0 Å². The normalized spacial score (nSPS) is 32.1. The smallest absolute Gasteiger partial charge is 0.0171 e. The van der Waals surface area contributed by atoms with Gasteiger partial charge in [0.15, 0.2) is 0 Å². The Bertz CT molecular complexity index is 277. The van der Waals surface area contributed by atoms with Crippen molar-refractivity contribution in [1.82, 2.24) is 4.90 Å². The molecular weight excluding hydrogens is 232 g/mol. The van der Waals surface area contributed by atoms with E-state index >= 15 is 0 Å². The van der Waals surface area contributed by atoms with Crippen LogP contribution in [0.25, 0.3) is 0 Å². The zero-order valence-electron chi connectivity index (χ0n) is 13.5. The van der Waals surface area contributed by atoms with Crippen molar-refractivity contribution in [2.75, 3.05) is 13.1 Å². The zero-order chi connectivity index (χ0) is 14.0. The Kier molecular flexibility index (Phi) is 4.94. The maximum Gasteiger partial charge on any atom is 0.0171 e. The van der Waals surface area contributed by atoms with Crippen LogP contribution in [0.5, 0.6) is 0 Å². The fourth-order valence-corrected chi connectivity index (χ4v) is 4.28. The molecule has 1 heterocycles. The average Bonchev–Trinajstić information content (AvgIpc) is 2.19. The van der Waals surface area contributed by atoms with Crippen LogP contribution in [0.1, 0.15) is 66.2 Å². The van der Waals surface area contributed by atoms with Crippen LogP contribution in [0.2, 0.25) is 0 Å². The number of piperidine rings is 1. The standard InChI is InChI=1S/C17H34N2/c1-5-16(14-7-6-8-14)19-11-13(9-15(18)12-19)10-17(2,3)4/h13-16H,5-12,18H2,1-4H3. The first-order chi connectivity index (χ1) is 8.89. The van der Waals surface area contributed by atoms with Crippen LogP contribution in [0.3, 0.4) is 0 Å². The minimum atomic E-state index is 0.398. The van der Waals surface area contributed by atoms with Gasteiger partial charge in [-0.2, -0.15) is 0 Å². The fraction of sp³-hybridized carbons (Fsp3) is 1.00. The van der Waals surface area contributed by atoms with Crippen LogP contribution >= 0.6 is 0 Å². The maximum absolute atomic E-state index is 6.34. The first-order valence-corrected chi connectivity index (χ1v) is 8.38. The zero-order valence-corrected chi connectivity index (χ0v) is 13.5. The summed E-state index contributed by atoms with van der Waals surface area (Å²) in [6, 6.07) is 1.21. The molecule has 2 aliphatic rings. The molecule has 0 amide bonds. The van der Waals surface area contributed by atoms with E-state index in [2.05, 4.69) is 32.6 Å². The summed E-state index contributed by atoms with van der Waals surface area (Å²) in [6.45, 7) is 11.9. The predicted molar refractivity (Wildman–Crippen MR) is 83.1 cm³/mol. The Morgan fingerprint density at radius 2 is 1.89 bits per heavy atom. The summed E-state index contributed by atoms with van der Waals surface area (Å²) in [5.74, 6) is 1.77. The Balaban J connectivity index is 1.95. The molecule has 2 N–H and O–H groups in total. The van der Waals surface area contributed by atoms with E-state index in [1.165, 1.54) is 45.1 Å². The van der Waals surface area contributed by atoms with Crippen molar-refractivity contribution in [2.24, 2.45) is 23.0 Å². The van der Waals surface area contributed by atoms with Crippen molar-refractivity contribution in [3.05, 3.63) is 0 Å². The van der Waals surface area contributed by atoms with Crippen LogP contribution in [0, 0.1) is 17.3 Å². The molecule has 0 aromatic carbocycles. The van der Waals surface area contributed by atoms with Crippen LogP contribution in [-0.4, -0.2) is 30.1 Å². The van der Waals surface area contributed by atoms with E-state index in [0.717, 1.165) is 24.4 Å². The summed E-state index contributed by atoms with van der Waals surface area (Å²) in [5.41, 5.74) is 6.78. The van der Waals surface area contributed by atoms with Gasteiger partial charge in [-0.15, -0.1) is 0 Å². The van der Waals surface area contributed by atoms with Crippen LogP contribution in [0.15, 0.2) is 0 Å². The Labute approximate surface area is 120 Å². The minimum Gasteiger partial charge on any atom is -0.327 e. The molecule has 19 heavy (non-hydrogen) atoms. The largest absolute Gasteiger partial charge is 0.327 e. The average molecular weight is 266 g/mol. The monoisotopic (exact) mass is 266 g/mol. The van der Waals surface area contributed by atoms with Gasteiger partial charge in [0.05, 0.1) is 0 Å². The number of hydrogen-bond acceptors (Lipinski definition) is 2. The molecule has 1 saturated heterocycles. The lowest BCUT2D eigenvalue weighted by molar-refractivity contribution is 0.0370. The van der Waals surface area contributed by atoms with Crippen molar-refractivity contribution in [1.29, 1.82) is 0 Å². The van der Waals surface area contributed by atoms with Crippen molar-refractivity contribution in [3.8, 4) is 0 Å². The number of nitrogens with two attached hydrogens (primary N) is 1. The number of hydrogen-bond donors (Lipinski definition) is 1. The minimum absolute atomic E-state index is 0.398. The van der Waals surface area contributed by atoms with Crippen molar-refractivity contribution in [3.63, 3.8) is 0 Å². The molecule has 3 unspecified atom stereocenters. The number of likely N-dealkylation sites (tertiary alicyclic amines) is 1. The molecule has 0 radical (unpaired) electrons. The highest BCUT2D eigenvalue weighted by Crippen LogP contribution is 2.37. The van der Waals surface area contributed by atoms with Crippen LogP contribution < -0.4 is 5.73 Å². The Hall–Kier alpha value is -0.0800. The second kappa shape index (κ2) is 6.13.